The summed E-state index contributed by atoms with van der Waals surface area (Å²) in [6.45, 7) is 0.459. The topological polar surface area (TPSA) is 105 Å². The quantitative estimate of drug-likeness (QED) is 0.763. The van der Waals surface area contributed by atoms with Gasteiger partial charge in [-0.3, -0.25) is 14.4 Å². The fourth-order valence-corrected chi connectivity index (χ4v) is 2.20. The van der Waals surface area contributed by atoms with Gasteiger partial charge in [0.2, 0.25) is 0 Å². The zero-order valence-electron chi connectivity index (χ0n) is 10.7. The highest BCUT2D eigenvalue weighted by atomic mass is 16.5. The summed E-state index contributed by atoms with van der Waals surface area (Å²) in [6.07, 6.45) is 0.721. The molecule has 0 bridgehead atoms. The number of aromatic nitrogens is 2. The van der Waals surface area contributed by atoms with E-state index in [1.54, 1.807) is 16.9 Å². The van der Waals surface area contributed by atoms with Gasteiger partial charge in [-0.05, 0) is 12.8 Å². The van der Waals surface area contributed by atoms with Gasteiger partial charge in [-0.15, -0.1) is 0 Å². The summed E-state index contributed by atoms with van der Waals surface area (Å²) in [5.41, 5.74) is 0. The number of carbonyl (C=O) groups excluding carboxylic acids is 1. The first-order valence-electron chi connectivity index (χ1n) is 6.47. The normalized spacial score (nSPS) is 24.8. The molecule has 0 aromatic carbocycles. The van der Waals surface area contributed by atoms with Crippen molar-refractivity contribution in [3.05, 3.63) is 12.3 Å². The summed E-state index contributed by atoms with van der Waals surface area (Å²) < 4.78 is 6.88. The Morgan fingerprint density at radius 3 is 2.90 bits per heavy atom. The molecule has 2 atom stereocenters. The molecule has 8 heteroatoms. The average Bonchev–Trinajstić information content (AvgIpc) is 3.17. The first-order chi connectivity index (χ1) is 9.58. The van der Waals surface area contributed by atoms with Crippen molar-refractivity contribution >= 4 is 17.7 Å². The largest absolute Gasteiger partial charge is 0.479 e. The lowest BCUT2D eigenvalue weighted by atomic mass is 10.1. The molecular weight excluding hydrogens is 266 g/mol. The van der Waals surface area contributed by atoms with Crippen molar-refractivity contribution in [3.63, 3.8) is 0 Å². The number of aliphatic carboxylic acids is 1. The van der Waals surface area contributed by atoms with Crippen LogP contribution in [0.5, 0.6) is 0 Å². The standard InChI is InChI=1S/C12H15N3O5/c16-9(12(18)19)10-11(17)14(5-6-20-10)8-3-4-15(13-8)7-1-2-7/h3-4,7,9-10,16H,1-2,5-6H2,(H,18,19). The Morgan fingerprint density at radius 1 is 1.50 bits per heavy atom. The van der Waals surface area contributed by atoms with Crippen LogP contribution in [-0.4, -0.2) is 57.2 Å². The molecule has 2 heterocycles. The maximum Gasteiger partial charge on any atom is 0.335 e. The van der Waals surface area contributed by atoms with Crippen molar-refractivity contribution in [2.75, 3.05) is 18.1 Å². The summed E-state index contributed by atoms with van der Waals surface area (Å²) in [5, 5.41) is 22.6. The Kier molecular flexibility index (Phi) is 3.19. The van der Waals surface area contributed by atoms with Gasteiger partial charge in [0.25, 0.3) is 5.91 Å². The van der Waals surface area contributed by atoms with Crippen LogP contribution in [0.3, 0.4) is 0 Å². The Labute approximate surface area is 114 Å². The predicted octanol–water partition coefficient (Wildman–Crippen LogP) is -0.605. The molecule has 108 valence electrons. The fourth-order valence-electron chi connectivity index (χ4n) is 2.20. The predicted molar refractivity (Wildman–Crippen MR) is 66.2 cm³/mol. The van der Waals surface area contributed by atoms with E-state index in [4.69, 9.17) is 9.84 Å². The van der Waals surface area contributed by atoms with Crippen LogP contribution in [0, 0.1) is 0 Å². The van der Waals surface area contributed by atoms with Crippen LogP contribution in [0.4, 0.5) is 5.82 Å². The Morgan fingerprint density at radius 2 is 2.25 bits per heavy atom. The minimum absolute atomic E-state index is 0.164. The van der Waals surface area contributed by atoms with E-state index >= 15 is 0 Å². The molecule has 0 radical (unpaired) electrons. The molecule has 1 aromatic rings. The van der Waals surface area contributed by atoms with Gasteiger partial charge in [0, 0.05) is 12.3 Å². The number of aliphatic hydroxyl groups excluding tert-OH is 1. The third-order valence-corrected chi connectivity index (χ3v) is 3.45. The number of carbonyl (C=O) groups is 2. The highest BCUT2D eigenvalue weighted by molar-refractivity contribution is 5.99. The molecule has 1 aromatic heterocycles. The van der Waals surface area contributed by atoms with Crippen molar-refractivity contribution in [1.29, 1.82) is 0 Å². The minimum atomic E-state index is -1.86. The molecule has 1 aliphatic carbocycles. The molecule has 3 rings (SSSR count). The van der Waals surface area contributed by atoms with Crippen LogP contribution >= 0.6 is 0 Å². The van der Waals surface area contributed by atoms with Gasteiger partial charge < -0.3 is 14.9 Å². The number of morpholine rings is 1. The average molecular weight is 281 g/mol. The van der Waals surface area contributed by atoms with Gasteiger partial charge in [0.15, 0.2) is 18.0 Å². The molecule has 1 saturated carbocycles. The molecular formula is C12H15N3O5. The third kappa shape index (κ3) is 2.27. The smallest absolute Gasteiger partial charge is 0.335 e. The monoisotopic (exact) mass is 281 g/mol. The number of anilines is 1. The highest BCUT2D eigenvalue weighted by Gasteiger charge is 2.40. The summed E-state index contributed by atoms with van der Waals surface area (Å²) in [7, 11) is 0. The van der Waals surface area contributed by atoms with Gasteiger partial charge in [-0.1, -0.05) is 0 Å². The number of amides is 1. The maximum atomic E-state index is 12.2. The van der Waals surface area contributed by atoms with Crippen molar-refractivity contribution in [1.82, 2.24) is 9.78 Å². The number of hydrogen-bond acceptors (Lipinski definition) is 5. The van der Waals surface area contributed by atoms with Crippen LogP contribution in [0.1, 0.15) is 18.9 Å². The van der Waals surface area contributed by atoms with Crippen LogP contribution in [0.15, 0.2) is 12.3 Å². The van der Waals surface area contributed by atoms with E-state index in [2.05, 4.69) is 5.10 Å². The second-order valence-corrected chi connectivity index (χ2v) is 4.95. The van der Waals surface area contributed by atoms with E-state index in [0.29, 0.717) is 18.4 Å². The lowest BCUT2D eigenvalue weighted by molar-refractivity contribution is -0.163. The fraction of sp³-hybridized carbons (Fsp3) is 0.583. The van der Waals surface area contributed by atoms with E-state index in [1.807, 2.05) is 0 Å². The SMILES string of the molecule is O=C(O)C(O)C1OCCN(c2ccn(C3CC3)n2)C1=O. The third-order valence-electron chi connectivity index (χ3n) is 3.45. The Balaban J connectivity index is 1.78. The van der Waals surface area contributed by atoms with Gasteiger partial charge in [-0.25, -0.2) is 4.79 Å². The molecule has 8 nitrogen and oxygen atoms in total. The van der Waals surface area contributed by atoms with Gasteiger partial charge >= 0.3 is 5.97 Å². The molecule has 1 amide bonds. The first-order valence-corrected chi connectivity index (χ1v) is 6.47. The lowest BCUT2D eigenvalue weighted by Gasteiger charge is -2.31. The van der Waals surface area contributed by atoms with Gasteiger partial charge in [0.1, 0.15) is 0 Å². The molecule has 1 saturated heterocycles. The van der Waals surface area contributed by atoms with E-state index in [0.717, 1.165) is 12.8 Å². The molecule has 1 aliphatic heterocycles. The second-order valence-electron chi connectivity index (χ2n) is 4.95. The molecule has 2 unspecified atom stereocenters. The van der Waals surface area contributed by atoms with Crippen LogP contribution in [-0.2, 0) is 14.3 Å². The Hall–Kier alpha value is -1.93. The molecule has 2 N–H and O–H groups in total. The van der Waals surface area contributed by atoms with Crippen LogP contribution < -0.4 is 4.90 Å². The number of ether oxygens (including phenoxy) is 1. The highest BCUT2D eigenvalue weighted by Crippen LogP contribution is 2.34. The van der Waals surface area contributed by atoms with Crippen molar-refractivity contribution in [2.45, 2.75) is 31.1 Å². The molecule has 2 fully saturated rings. The maximum absolute atomic E-state index is 12.2. The van der Waals surface area contributed by atoms with Crippen molar-refractivity contribution in [2.24, 2.45) is 0 Å². The van der Waals surface area contributed by atoms with Gasteiger partial charge in [-0.2, -0.15) is 5.10 Å². The molecule has 0 spiro atoms. The second kappa shape index (κ2) is 4.88. The number of carboxylic acids is 1. The molecule has 20 heavy (non-hydrogen) atoms. The number of carboxylic acid groups (broad SMARTS) is 1. The summed E-state index contributed by atoms with van der Waals surface area (Å²) in [4.78, 5) is 24.3. The zero-order valence-corrected chi connectivity index (χ0v) is 10.7. The number of rotatable bonds is 4. The van der Waals surface area contributed by atoms with E-state index in [-0.39, 0.29) is 6.61 Å². The molecule has 2 aliphatic rings. The number of hydrogen-bond donors (Lipinski definition) is 2. The zero-order chi connectivity index (χ0) is 14.3. The minimum Gasteiger partial charge on any atom is -0.479 e. The van der Waals surface area contributed by atoms with E-state index < -0.39 is 24.1 Å². The number of nitrogens with zero attached hydrogens (tertiary/aromatic N) is 3. The summed E-state index contributed by atoms with van der Waals surface area (Å²) in [6, 6.07) is 2.12. The van der Waals surface area contributed by atoms with Crippen molar-refractivity contribution < 1.29 is 24.5 Å². The number of aliphatic hydroxyl groups is 1. The van der Waals surface area contributed by atoms with Crippen molar-refractivity contribution in [3.8, 4) is 0 Å². The summed E-state index contributed by atoms with van der Waals surface area (Å²) in [5.74, 6) is -1.59. The van der Waals surface area contributed by atoms with E-state index in [1.165, 1.54) is 4.90 Å². The summed E-state index contributed by atoms with van der Waals surface area (Å²) >= 11 is 0. The lowest BCUT2D eigenvalue weighted by Crippen LogP contribution is -2.54. The first kappa shape index (κ1) is 13.1. The Bertz CT molecular complexity index is 539. The van der Waals surface area contributed by atoms with Gasteiger partial charge in [0.05, 0.1) is 19.2 Å². The van der Waals surface area contributed by atoms with Crippen LogP contribution in [0.2, 0.25) is 0 Å². The van der Waals surface area contributed by atoms with Crippen LogP contribution in [0.25, 0.3) is 0 Å². The van der Waals surface area contributed by atoms with E-state index in [9.17, 15) is 14.7 Å².